The molecule has 1 aromatic heterocycles. The van der Waals surface area contributed by atoms with Gasteiger partial charge in [-0.25, -0.2) is 4.98 Å². The topological polar surface area (TPSA) is 45.2 Å². The number of aromatic nitrogens is 1. The smallest absolute Gasteiger partial charge is 0.273 e. The van der Waals surface area contributed by atoms with Gasteiger partial charge in [-0.2, -0.15) is 0 Å². The maximum absolute atomic E-state index is 12.4. The van der Waals surface area contributed by atoms with Crippen LogP contribution in [0.4, 0.5) is 0 Å². The van der Waals surface area contributed by atoms with Crippen molar-refractivity contribution in [2.75, 3.05) is 19.6 Å². The number of nitrogens with zero attached hydrogens (tertiary/aromatic N) is 2. The zero-order chi connectivity index (χ0) is 13.2. The quantitative estimate of drug-likeness (QED) is 0.904. The van der Waals surface area contributed by atoms with Crippen LogP contribution >= 0.6 is 11.3 Å². The molecule has 1 amide bonds. The van der Waals surface area contributed by atoms with Crippen molar-refractivity contribution in [3.63, 3.8) is 0 Å². The van der Waals surface area contributed by atoms with Gasteiger partial charge in [0.15, 0.2) is 0 Å². The largest absolute Gasteiger partial charge is 0.337 e. The van der Waals surface area contributed by atoms with E-state index in [1.54, 1.807) is 11.3 Å². The molecule has 0 spiro atoms. The van der Waals surface area contributed by atoms with E-state index in [1.165, 1.54) is 6.42 Å². The van der Waals surface area contributed by atoms with Crippen LogP contribution in [0.1, 0.15) is 54.1 Å². The van der Waals surface area contributed by atoms with E-state index in [9.17, 15) is 4.79 Å². The Labute approximate surface area is 118 Å². The van der Waals surface area contributed by atoms with Crippen molar-refractivity contribution in [1.82, 2.24) is 15.2 Å². The van der Waals surface area contributed by atoms with E-state index in [0.29, 0.717) is 11.7 Å². The molecule has 2 aliphatic heterocycles. The molecular formula is C14H21N3OS. The number of carbonyl (C=O) groups excluding carboxylic acids is 1. The van der Waals surface area contributed by atoms with Crippen LogP contribution < -0.4 is 5.32 Å². The summed E-state index contributed by atoms with van der Waals surface area (Å²) in [5.41, 5.74) is 0.642. The van der Waals surface area contributed by atoms with Gasteiger partial charge in [0.25, 0.3) is 5.91 Å². The molecule has 3 rings (SSSR count). The van der Waals surface area contributed by atoms with Gasteiger partial charge in [-0.3, -0.25) is 4.79 Å². The lowest BCUT2D eigenvalue weighted by molar-refractivity contribution is 0.0692. The molecule has 19 heavy (non-hydrogen) atoms. The maximum Gasteiger partial charge on any atom is 0.273 e. The Morgan fingerprint density at radius 1 is 1.42 bits per heavy atom. The average Bonchev–Trinajstić information content (AvgIpc) is 3.10. The normalized spacial score (nSPS) is 24.9. The summed E-state index contributed by atoms with van der Waals surface area (Å²) in [5.74, 6) is 0.866. The Balaban J connectivity index is 1.66. The first-order valence-corrected chi connectivity index (χ1v) is 8.10. The van der Waals surface area contributed by atoms with Crippen molar-refractivity contribution in [3.05, 3.63) is 16.1 Å². The fourth-order valence-corrected chi connectivity index (χ4v) is 3.72. The third kappa shape index (κ3) is 2.82. The molecule has 2 aliphatic rings. The second-order valence-corrected chi connectivity index (χ2v) is 6.58. The van der Waals surface area contributed by atoms with Crippen LogP contribution in [0.5, 0.6) is 0 Å². The van der Waals surface area contributed by atoms with Crippen LogP contribution in [0.15, 0.2) is 5.38 Å². The lowest BCUT2D eigenvalue weighted by atomic mass is 9.99. The van der Waals surface area contributed by atoms with Crippen molar-refractivity contribution in [2.24, 2.45) is 5.92 Å². The lowest BCUT2D eigenvalue weighted by Crippen LogP contribution is -2.38. The minimum absolute atomic E-state index is 0.118. The Morgan fingerprint density at radius 3 is 2.89 bits per heavy atom. The summed E-state index contributed by atoms with van der Waals surface area (Å²) >= 11 is 1.62. The molecule has 4 nitrogen and oxygen atoms in total. The highest BCUT2D eigenvalue weighted by atomic mass is 32.1. The SMILES string of the molecule is CC1CCN(C(=O)c2csc(C3CCCN3)n2)CC1. The van der Waals surface area contributed by atoms with E-state index in [2.05, 4.69) is 17.2 Å². The highest BCUT2D eigenvalue weighted by Gasteiger charge is 2.25. The minimum atomic E-state index is 0.118. The highest BCUT2D eigenvalue weighted by Crippen LogP contribution is 2.26. The van der Waals surface area contributed by atoms with Gasteiger partial charge in [0.05, 0.1) is 6.04 Å². The highest BCUT2D eigenvalue weighted by molar-refractivity contribution is 7.09. The molecular weight excluding hydrogens is 258 g/mol. The van der Waals surface area contributed by atoms with Gasteiger partial charge >= 0.3 is 0 Å². The van der Waals surface area contributed by atoms with Gasteiger partial charge in [-0.05, 0) is 38.1 Å². The Morgan fingerprint density at radius 2 is 2.21 bits per heavy atom. The van der Waals surface area contributed by atoms with Crippen LogP contribution in [-0.4, -0.2) is 35.4 Å². The summed E-state index contributed by atoms with van der Waals surface area (Å²) < 4.78 is 0. The number of thiazole rings is 1. The molecule has 0 aromatic carbocycles. The molecule has 1 unspecified atom stereocenters. The van der Waals surface area contributed by atoms with E-state index < -0.39 is 0 Å². The second kappa shape index (κ2) is 5.59. The van der Waals surface area contributed by atoms with E-state index in [4.69, 9.17) is 0 Å². The predicted molar refractivity (Wildman–Crippen MR) is 76.4 cm³/mol. The first-order chi connectivity index (χ1) is 9.24. The van der Waals surface area contributed by atoms with Crippen molar-refractivity contribution in [3.8, 4) is 0 Å². The Hall–Kier alpha value is -0.940. The number of rotatable bonds is 2. The standard InChI is InChI=1S/C14H21N3OS/c1-10-4-7-17(8-5-10)14(18)12-9-19-13(16-12)11-3-2-6-15-11/h9-11,15H,2-8H2,1H3. The molecule has 0 aliphatic carbocycles. The van der Waals surface area contributed by atoms with Crippen LogP contribution in [0.2, 0.25) is 0 Å². The number of amides is 1. The number of nitrogens with one attached hydrogen (secondary N) is 1. The van der Waals surface area contributed by atoms with E-state index in [0.717, 1.165) is 49.8 Å². The molecule has 3 heterocycles. The molecule has 104 valence electrons. The van der Waals surface area contributed by atoms with Gasteiger partial charge in [-0.15, -0.1) is 11.3 Å². The van der Waals surface area contributed by atoms with Crippen LogP contribution in [0, 0.1) is 5.92 Å². The molecule has 0 radical (unpaired) electrons. The average molecular weight is 279 g/mol. The molecule has 0 bridgehead atoms. The van der Waals surface area contributed by atoms with Crippen molar-refractivity contribution < 1.29 is 4.79 Å². The molecule has 1 N–H and O–H groups in total. The summed E-state index contributed by atoms with van der Waals surface area (Å²) in [6.45, 7) is 5.09. The third-order valence-electron chi connectivity index (χ3n) is 4.17. The van der Waals surface area contributed by atoms with Crippen LogP contribution in [-0.2, 0) is 0 Å². The van der Waals surface area contributed by atoms with Gasteiger partial charge in [-0.1, -0.05) is 6.92 Å². The van der Waals surface area contributed by atoms with Gasteiger partial charge in [0.1, 0.15) is 10.7 Å². The summed E-state index contributed by atoms with van der Waals surface area (Å²) in [6.07, 6.45) is 4.58. The van der Waals surface area contributed by atoms with E-state index in [-0.39, 0.29) is 5.91 Å². The first kappa shape index (κ1) is 13.1. The summed E-state index contributed by atoms with van der Waals surface area (Å²) in [5, 5.41) is 6.43. The van der Waals surface area contributed by atoms with Crippen LogP contribution in [0.3, 0.4) is 0 Å². The van der Waals surface area contributed by atoms with Crippen molar-refractivity contribution in [1.29, 1.82) is 0 Å². The summed E-state index contributed by atoms with van der Waals surface area (Å²) in [7, 11) is 0. The van der Waals surface area contributed by atoms with Crippen molar-refractivity contribution >= 4 is 17.2 Å². The Bertz CT molecular complexity index is 445. The number of carbonyl (C=O) groups is 1. The lowest BCUT2D eigenvalue weighted by Gasteiger charge is -2.29. The zero-order valence-electron chi connectivity index (χ0n) is 11.4. The second-order valence-electron chi connectivity index (χ2n) is 5.69. The molecule has 0 saturated carbocycles. The van der Waals surface area contributed by atoms with E-state index in [1.807, 2.05) is 10.3 Å². The third-order valence-corrected chi connectivity index (χ3v) is 5.13. The van der Waals surface area contributed by atoms with Gasteiger partial charge in [0, 0.05) is 18.5 Å². The maximum atomic E-state index is 12.4. The minimum Gasteiger partial charge on any atom is -0.337 e. The molecule has 2 fully saturated rings. The van der Waals surface area contributed by atoms with Gasteiger partial charge in [0.2, 0.25) is 0 Å². The predicted octanol–water partition coefficient (Wildman–Crippen LogP) is 2.44. The first-order valence-electron chi connectivity index (χ1n) is 7.22. The van der Waals surface area contributed by atoms with E-state index >= 15 is 0 Å². The Kier molecular flexibility index (Phi) is 3.84. The van der Waals surface area contributed by atoms with Crippen molar-refractivity contribution in [2.45, 2.75) is 38.6 Å². The monoisotopic (exact) mass is 279 g/mol. The molecule has 1 atom stereocenters. The molecule has 2 saturated heterocycles. The summed E-state index contributed by atoms with van der Waals surface area (Å²) in [6, 6.07) is 0.368. The number of piperidine rings is 1. The fourth-order valence-electron chi connectivity index (χ4n) is 2.81. The number of likely N-dealkylation sites (tertiary alicyclic amines) is 1. The zero-order valence-corrected chi connectivity index (χ0v) is 12.2. The number of hydrogen-bond donors (Lipinski definition) is 1. The summed E-state index contributed by atoms with van der Waals surface area (Å²) in [4.78, 5) is 18.9. The van der Waals surface area contributed by atoms with Crippen LogP contribution in [0.25, 0.3) is 0 Å². The fraction of sp³-hybridized carbons (Fsp3) is 0.714. The van der Waals surface area contributed by atoms with Gasteiger partial charge < -0.3 is 10.2 Å². The molecule has 5 heteroatoms. The molecule has 1 aromatic rings. The number of hydrogen-bond acceptors (Lipinski definition) is 4.